The van der Waals surface area contributed by atoms with Crippen LogP contribution in [0.1, 0.15) is 58.3 Å². The van der Waals surface area contributed by atoms with Gasteiger partial charge in [0.25, 0.3) is 0 Å². The molecule has 2 rings (SSSR count). The number of aliphatic imine (C=N–C) groups is 1. The van der Waals surface area contributed by atoms with Gasteiger partial charge in [-0.25, -0.2) is 0 Å². The van der Waals surface area contributed by atoms with Crippen molar-refractivity contribution < 1.29 is 14.2 Å². The molecule has 152 valence electrons. The SMILES string of the molecule is CCNC(=NCC1(CCOC)CCCC1)NCCCOCC1CCCO1. The number of rotatable bonds is 12. The van der Waals surface area contributed by atoms with Crippen LogP contribution in [0, 0.1) is 5.41 Å². The van der Waals surface area contributed by atoms with E-state index in [4.69, 9.17) is 19.2 Å². The van der Waals surface area contributed by atoms with Crippen LogP contribution in [-0.4, -0.2) is 65.2 Å². The summed E-state index contributed by atoms with van der Waals surface area (Å²) in [7, 11) is 1.79. The molecule has 0 aromatic rings. The van der Waals surface area contributed by atoms with E-state index in [2.05, 4.69) is 17.6 Å². The van der Waals surface area contributed by atoms with E-state index in [0.29, 0.717) is 11.5 Å². The van der Waals surface area contributed by atoms with Crippen LogP contribution in [0.5, 0.6) is 0 Å². The second-order valence-corrected chi connectivity index (χ2v) is 7.64. The Balaban J connectivity index is 1.66. The fourth-order valence-electron chi connectivity index (χ4n) is 3.89. The number of nitrogens with zero attached hydrogens (tertiary/aromatic N) is 1. The molecule has 0 radical (unpaired) electrons. The number of methoxy groups -OCH3 is 1. The van der Waals surface area contributed by atoms with Crippen LogP contribution in [0.3, 0.4) is 0 Å². The highest BCUT2D eigenvalue weighted by atomic mass is 16.5. The van der Waals surface area contributed by atoms with Crippen molar-refractivity contribution in [3.05, 3.63) is 0 Å². The third kappa shape index (κ3) is 7.80. The second kappa shape index (κ2) is 12.5. The van der Waals surface area contributed by atoms with Gasteiger partial charge in [0.15, 0.2) is 5.96 Å². The Morgan fingerprint density at radius 2 is 2.04 bits per heavy atom. The van der Waals surface area contributed by atoms with Gasteiger partial charge in [-0.3, -0.25) is 4.99 Å². The minimum Gasteiger partial charge on any atom is -0.385 e. The maximum Gasteiger partial charge on any atom is 0.191 e. The van der Waals surface area contributed by atoms with E-state index in [-0.39, 0.29) is 0 Å². The van der Waals surface area contributed by atoms with E-state index >= 15 is 0 Å². The molecule has 1 unspecified atom stereocenters. The van der Waals surface area contributed by atoms with Gasteiger partial charge in [-0.05, 0) is 50.9 Å². The summed E-state index contributed by atoms with van der Waals surface area (Å²) in [5.74, 6) is 0.926. The Hall–Kier alpha value is -0.850. The summed E-state index contributed by atoms with van der Waals surface area (Å²) in [6, 6.07) is 0. The van der Waals surface area contributed by atoms with Gasteiger partial charge in [0, 0.05) is 46.6 Å². The van der Waals surface area contributed by atoms with E-state index in [1.807, 2.05) is 0 Å². The lowest BCUT2D eigenvalue weighted by molar-refractivity contribution is 0.0168. The Morgan fingerprint density at radius 1 is 1.19 bits per heavy atom. The second-order valence-electron chi connectivity index (χ2n) is 7.64. The van der Waals surface area contributed by atoms with Crippen molar-refractivity contribution in [2.24, 2.45) is 10.4 Å². The van der Waals surface area contributed by atoms with E-state index in [1.54, 1.807) is 7.11 Å². The van der Waals surface area contributed by atoms with Crippen LogP contribution < -0.4 is 10.6 Å². The molecule has 1 heterocycles. The Kier molecular flexibility index (Phi) is 10.3. The van der Waals surface area contributed by atoms with Crippen molar-refractivity contribution >= 4 is 5.96 Å². The molecule has 2 aliphatic rings. The highest BCUT2D eigenvalue weighted by Crippen LogP contribution is 2.41. The fraction of sp³-hybridized carbons (Fsp3) is 0.950. The van der Waals surface area contributed by atoms with E-state index in [0.717, 1.165) is 71.3 Å². The van der Waals surface area contributed by atoms with E-state index in [1.165, 1.54) is 32.1 Å². The standard InChI is InChI=1S/C20H39N3O3/c1-3-21-19(22-12-7-13-25-16-18-8-6-14-26-18)23-17-20(11-15-24-2)9-4-5-10-20/h18H,3-17H2,1-2H3,(H2,21,22,23). The minimum absolute atomic E-state index is 0.316. The molecule has 0 spiro atoms. The average Bonchev–Trinajstić information content (AvgIpc) is 3.33. The van der Waals surface area contributed by atoms with Crippen molar-refractivity contribution in [2.45, 2.75) is 64.4 Å². The van der Waals surface area contributed by atoms with Crippen molar-refractivity contribution in [1.82, 2.24) is 10.6 Å². The quantitative estimate of drug-likeness (QED) is 0.315. The Bertz CT molecular complexity index is 392. The molecule has 1 aliphatic heterocycles. The lowest BCUT2D eigenvalue weighted by Gasteiger charge is -2.27. The van der Waals surface area contributed by atoms with Crippen LogP contribution in [0.4, 0.5) is 0 Å². The molecule has 0 aromatic carbocycles. The smallest absolute Gasteiger partial charge is 0.191 e. The molecule has 1 saturated heterocycles. The van der Waals surface area contributed by atoms with Gasteiger partial charge in [-0.1, -0.05) is 12.8 Å². The first-order chi connectivity index (χ1) is 12.8. The van der Waals surface area contributed by atoms with E-state index in [9.17, 15) is 0 Å². The lowest BCUT2D eigenvalue weighted by Crippen LogP contribution is -2.39. The summed E-state index contributed by atoms with van der Waals surface area (Å²) in [5.41, 5.74) is 0.336. The van der Waals surface area contributed by atoms with Crippen LogP contribution in [0.15, 0.2) is 4.99 Å². The maximum atomic E-state index is 5.72. The first-order valence-corrected chi connectivity index (χ1v) is 10.5. The number of hydrogen-bond acceptors (Lipinski definition) is 4. The molecule has 2 N–H and O–H groups in total. The van der Waals surface area contributed by atoms with Gasteiger partial charge in [0.1, 0.15) is 0 Å². The van der Waals surface area contributed by atoms with Crippen LogP contribution in [-0.2, 0) is 14.2 Å². The van der Waals surface area contributed by atoms with Gasteiger partial charge < -0.3 is 24.8 Å². The van der Waals surface area contributed by atoms with Crippen LogP contribution in [0.2, 0.25) is 0 Å². The highest BCUT2D eigenvalue weighted by molar-refractivity contribution is 5.79. The van der Waals surface area contributed by atoms with Gasteiger partial charge in [-0.15, -0.1) is 0 Å². The number of nitrogens with one attached hydrogen (secondary N) is 2. The molecule has 1 saturated carbocycles. The predicted molar refractivity (Wildman–Crippen MR) is 106 cm³/mol. The lowest BCUT2D eigenvalue weighted by atomic mass is 9.83. The molecular formula is C20H39N3O3. The van der Waals surface area contributed by atoms with Gasteiger partial charge in [0.05, 0.1) is 12.7 Å². The first kappa shape index (κ1) is 21.5. The molecular weight excluding hydrogens is 330 g/mol. The molecule has 2 fully saturated rings. The zero-order chi connectivity index (χ0) is 18.5. The third-order valence-electron chi connectivity index (χ3n) is 5.50. The summed E-state index contributed by atoms with van der Waals surface area (Å²) >= 11 is 0. The maximum absolute atomic E-state index is 5.72. The molecule has 6 heteroatoms. The molecule has 26 heavy (non-hydrogen) atoms. The fourth-order valence-corrected chi connectivity index (χ4v) is 3.89. The van der Waals surface area contributed by atoms with Crippen LogP contribution in [0.25, 0.3) is 0 Å². The highest BCUT2D eigenvalue weighted by Gasteiger charge is 2.33. The third-order valence-corrected chi connectivity index (χ3v) is 5.50. The number of ether oxygens (including phenoxy) is 3. The summed E-state index contributed by atoms with van der Waals surface area (Å²) in [5, 5.41) is 6.81. The molecule has 1 atom stereocenters. The van der Waals surface area contributed by atoms with Gasteiger partial charge >= 0.3 is 0 Å². The first-order valence-electron chi connectivity index (χ1n) is 10.5. The molecule has 0 amide bonds. The monoisotopic (exact) mass is 369 g/mol. The van der Waals surface area contributed by atoms with Crippen LogP contribution >= 0.6 is 0 Å². The zero-order valence-electron chi connectivity index (χ0n) is 16.9. The normalized spacial score (nSPS) is 22.7. The predicted octanol–water partition coefficient (Wildman–Crippen LogP) is 2.72. The molecule has 0 bridgehead atoms. The average molecular weight is 370 g/mol. The Labute approximate surface area is 159 Å². The molecule has 0 aromatic heterocycles. The summed E-state index contributed by atoms with van der Waals surface area (Å²) in [4.78, 5) is 4.88. The van der Waals surface area contributed by atoms with Crippen molar-refractivity contribution in [2.75, 3.05) is 53.2 Å². The molecule has 1 aliphatic carbocycles. The summed E-state index contributed by atoms with van der Waals surface area (Å²) in [6.07, 6.45) is 9.92. The molecule has 6 nitrogen and oxygen atoms in total. The van der Waals surface area contributed by atoms with Crippen molar-refractivity contribution in [3.8, 4) is 0 Å². The number of guanidine groups is 1. The summed E-state index contributed by atoms with van der Waals surface area (Å²) < 4.78 is 16.6. The van der Waals surface area contributed by atoms with Crippen molar-refractivity contribution in [3.63, 3.8) is 0 Å². The largest absolute Gasteiger partial charge is 0.385 e. The van der Waals surface area contributed by atoms with Gasteiger partial charge in [-0.2, -0.15) is 0 Å². The van der Waals surface area contributed by atoms with E-state index < -0.39 is 0 Å². The van der Waals surface area contributed by atoms with Crippen molar-refractivity contribution in [1.29, 1.82) is 0 Å². The Morgan fingerprint density at radius 3 is 2.73 bits per heavy atom. The zero-order valence-corrected chi connectivity index (χ0v) is 16.9. The topological polar surface area (TPSA) is 64.1 Å². The van der Waals surface area contributed by atoms with Gasteiger partial charge in [0.2, 0.25) is 0 Å². The minimum atomic E-state index is 0.316. The summed E-state index contributed by atoms with van der Waals surface area (Å²) in [6.45, 7) is 7.99. The number of hydrogen-bond donors (Lipinski definition) is 2.